The maximum Gasteiger partial charge on any atom is 0.320 e. The van der Waals surface area contributed by atoms with E-state index in [0.29, 0.717) is 58.9 Å². The van der Waals surface area contributed by atoms with Crippen molar-refractivity contribution in [3.8, 4) is 0 Å². The Morgan fingerprint density at radius 2 is 1.82 bits per heavy atom. The number of carbonyl (C=O) groups excluding carboxylic acids is 1. The van der Waals surface area contributed by atoms with Gasteiger partial charge >= 0.3 is 6.03 Å². The van der Waals surface area contributed by atoms with Gasteiger partial charge in [0.2, 0.25) is 10.0 Å². The molecule has 0 aromatic heterocycles. The smallest absolute Gasteiger partial charge is 0.320 e. The zero-order chi connectivity index (χ0) is 16.2. The van der Waals surface area contributed by atoms with E-state index >= 15 is 0 Å². The molecule has 0 N–H and O–H groups in total. The molecule has 2 fully saturated rings. The van der Waals surface area contributed by atoms with Crippen LogP contribution in [-0.4, -0.2) is 86.3 Å². The molecular formula is C14H27N3O4S. The summed E-state index contributed by atoms with van der Waals surface area (Å²) < 4.78 is 32.2. The quantitative estimate of drug-likeness (QED) is 0.754. The highest BCUT2D eigenvalue weighted by Crippen LogP contribution is 2.22. The molecule has 0 aromatic carbocycles. The van der Waals surface area contributed by atoms with Gasteiger partial charge in [-0.25, -0.2) is 13.2 Å². The predicted molar refractivity (Wildman–Crippen MR) is 84.2 cm³/mol. The summed E-state index contributed by atoms with van der Waals surface area (Å²) in [7, 11) is -3.35. The van der Waals surface area contributed by atoms with E-state index in [-0.39, 0.29) is 6.03 Å². The minimum atomic E-state index is -3.35. The minimum absolute atomic E-state index is 0.0492. The maximum atomic E-state index is 12.7. The van der Waals surface area contributed by atoms with E-state index in [1.54, 1.807) is 9.80 Å². The Morgan fingerprint density at radius 3 is 2.41 bits per heavy atom. The van der Waals surface area contributed by atoms with Crippen molar-refractivity contribution in [1.82, 2.24) is 14.1 Å². The number of amides is 2. The first-order chi connectivity index (χ1) is 10.5. The summed E-state index contributed by atoms with van der Waals surface area (Å²) in [6, 6.07) is -0.0492. The Bertz CT molecular complexity index is 472. The summed E-state index contributed by atoms with van der Waals surface area (Å²) in [5, 5.41) is -0.487. The molecule has 0 aromatic rings. The van der Waals surface area contributed by atoms with Crippen LogP contribution in [0.1, 0.15) is 26.7 Å². The van der Waals surface area contributed by atoms with Crippen LogP contribution in [0.5, 0.6) is 0 Å². The van der Waals surface area contributed by atoms with Gasteiger partial charge in [-0.05, 0) is 26.7 Å². The lowest BCUT2D eigenvalue weighted by Gasteiger charge is -2.38. The summed E-state index contributed by atoms with van der Waals surface area (Å²) in [4.78, 5) is 15.9. The molecule has 0 radical (unpaired) electrons. The molecule has 2 saturated heterocycles. The molecule has 8 heteroatoms. The van der Waals surface area contributed by atoms with Gasteiger partial charge in [-0.15, -0.1) is 0 Å². The Morgan fingerprint density at radius 1 is 1.18 bits per heavy atom. The van der Waals surface area contributed by atoms with Gasteiger partial charge in [0.15, 0.2) is 0 Å². The molecule has 0 saturated carbocycles. The molecule has 2 amide bonds. The largest absolute Gasteiger partial charge is 0.379 e. The SMILES string of the molecule is CCN(CC)C(=O)N1CCC[C@H](S(=O)(=O)N2CCOCC2)C1. The first-order valence-corrected chi connectivity index (χ1v) is 9.61. The highest BCUT2D eigenvalue weighted by Gasteiger charge is 2.37. The number of likely N-dealkylation sites (tertiary alicyclic amines) is 1. The third kappa shape index (κ3) is 3.72. The molecule has 2 heterocycles. The number of piperidine rings is 1. The first-order valence-electron chi connectivity index (χ1n) is 8.11. The standard InChI is InChI=1S/C14H27N3O4S/c1-3-15(4-2)14(18)16-7-5-6-13(12-16)22(19,20)17-8-10-21-11-9-17/h13H,3-12H2,1-2H3/t13-/m0/s1. The van der Waals surface area contributed by atoms with E-state index in [1.165, 1.54) is 4.31 Å². The molecular weight excluding hydrogens is 306 g/mol. The van der Waals surface area contributed by atoms with E-state index in [4.69, 9.17) is 4.74 Å². The molecule has 7 nitrogen and oxygen atoms in total. The van der Waals surface area contributed by atoms with Crippen molar-refractivity contribution in [3.05, 3.63) is 0 Å². The number of morpholine rings is 1. The van der Waals surface area contributed by atoms with E-state index in [2.05, 4.69) is 0 Å². The lowest BCUT2D eigenvalue weighted by molar-refractivity contribution is 0.0719. The molecule has 0 spiro atoms. The zero-order valence-electron chi connectivity index (χ0n) is 13.5. The van der Waals surface area contributed by atoms with Crippen LogP contribution in [0.25, 0.3) is 0 Å². The Balaban J connectivity index is 2.04. The van der Waals surface area contributed by atoms with Crippen molar-refractivity contribution >= 4 is 16.1 Å². The lowest BCUT2D eigenvalue weighted by Crippen LogP contribution is -2.54. The van der Waals surface area contributed by atoms with Crippen molar-refractivity contribution in [2.75, 3.05) is 52.5 Å². The molecule has 0 aliphatic carbocycles. The van der Waals surface area contributed by atoms with E-state index in [1.807, 2.05) is 13.8 Å². The van der Waals surface area contributed by atoms with E-state index < -0.39 is 15.3 Å². The highest BCUT2D eigenvalue weighted by atomic mass is 32.2. The Hall–Kier alpha value is -0.860. The van der Waals surface area contributed by atoms with Crippen molar-refractivity contribution in [3.63, 3.8) is 0 Å². The van der Waals surface area contributed by atoms with Crippen molar-refractivity contribution in [1.29, 1.82) is 0 Å². The number of rotatable bonds is 4. The van der Waals surface area contributed by atoms with Crippen LogP contribution < -0.4 is 0 Å². The number of urea groups is 1. The fourth-order valence-electron chi connectivity index (χ4n) is 3.06. The third-order valence-corrected chi connectivity index (χ3v) is 6.75. The number of hydrogen-bond donors (Lipinski definition) is 0. The van der Waals surface area contributed by atoms with Crippen molar-refractivity contribution in [2.24, 2.45) is 0 Å². The van der Waals surface area contributed by atoms with Crippen LogP contribution in [0.3, 0.4) is 0 Å². The topological polar surface area (TPSA) is 70.2 Å². The molecule has 128 valence electrons. The van der Waals surface area contributed by atoms with Gasteiger partial charge in [-0.1, -0.05) is 0 Å². The van der Waals surface area contributed by atoms with Crippen LogP contribution in [-0.2, 0) is 14.8 Å². The maximum absolute atomic E-state index is 12.7. The highest BCUT2D eigenvalue weighted by molar-refractivity contribution is 7.89. The number of carbonyl (C=O) groups is 1. The molecule has 1 atom stereocenters. The Kier molecular flexibility index (Phi) is 6.05. The predicted octanol–water partition coefficient (Wildman–Crippen LogP) is 0.575. The van der Waals surface area contributed by atoms with Gasteiger partial charge in [0, 0.05) is 39.3 Å². The molecule has 0 unspecified atom stereocenters. The van der Waals surface area contributed by atoms with Gasteiger partial charge in [0.25, 0.3) is 0 Å². The van der Waals surface area contributed by atoms with Crippen LogP contribution in [0, 0.1) is 0 Å². The van der Waals surface area contributed by atoms with E-state index in [0.717, 1.165) is 6.42 Å². The molecule has 2 aliphatic heterocycles. The normalized spacial score (nSPS) is 24.3. The number of nitrogens with zero attached hydrogens (tertiary/aromatic N) is 3. The van der Waals surface area contributed by atoms with Gasteiger partial charge in [0.05, 0.1) is 18.5 Å². The second-order valence-electron chi connectivity index (χ2n) is 5.72. The minimum Gasteiger partial charge on any atom is -0.379 e. The number of sulfonamides is 1. The number of hydrogen-bond acceptors (Lipinski definition) is 4. The summed E-state index contributed by atoms with van der Waals surface area (Å²) in [6.07, 6.45) is 1.36. The van der Waals surface area contributed by atoms with Gasteiger partial charge in [0.1, 0.15) is 0 Å². The van der Waals surface area contributed by atoms with Crippen LogP contribution in [0.15, 0.2) is 0 Å². The third-order valence-electron chi connectivity index (χ3n) is 4.43. The monoisotopic (exact) mass is 333 g/mol. The van der Waals surface area contributed by atoms with Gasteiger partial charge < -0.3 is 14.5 Å². The average Bonchev–Trinajstić information content (AvgIpc) is 2.57. The first kappa shape index (κ1) is 17.5. The van der Waals surface area contributed by atoms with Crippen LogP contribution in [0.4, 0.5) is 4.79 Å². The van der Waals surface area contributed by atoms with Gasteiger partial charge in [-0.2, -0.15) is 4.31 Å². The Labute approximate surface area is 133 Å². The summed E-state index contributed by atoms with van der Waals surface area (Å²) in [5.41, 5.74) is 0. The summed E-state index contributed by atoms with van der Waals surface area (Å²) >= 11 is 0. The van der Waals surface area contributed by atoms with Crippen LogP contribution in [0.2, 0.25) is 0 Å². The number of ether oxygens (including phenoxy) is 1. The lowest BCUT2D eigenvalue weighted by atomic mass is 10.1. The molecule has 22 heavy (non-hydrogen) atoms. The molecule has 0 bridgehead atoms. The van der Waals surface area contributed by atoms with Crippen molar-refractivity contribution < 1.29 is 17.9 Å². The van der Waals surface area contributed by atoms with Gasteiger partial charge in [-0.3, -0.25) is 0 Å². The second-order valence-corrected chi connectivity index (χ2v) is 7.93. The summed E-state index contributed by atoms with van der Waals surface area (Å²) in [6.45, 7) is 7.85. The fourth-order valence-corrected chi connectivity index (χ4v) is 4.97. The fraction of sp³-hybridized carbons (Fsp3) is 0.929. The van der Waals surface area contributed by atoms with Crippen molar-refractivity contribution in [2.45, 2.75) is 31.9 Å². The zero-order valence-corrected chi connectivity index (χ0v) is 14.3. The molecule has 2 aliphatic rings. The summed E-state index contributed by atoms with van der Waals surface area (Å²) in [5.74, 6) is 0. The average molecular weight is 333 g/mol. The second kappa shape index (κ2) is 7.61. The van der Waals surface area contributed by atoms with Crippen LogP contribution >= 0.6 is 0 Å². The van der Waals surface area contributed by atoms with E-state index in [9.17, 15) is 13.2 Å². The molecule has 2 rings (SSSR count).